The van der Waals surface area contributed by atoms with Gasteiger partial charge in [-0.3, -0.25) is 9.59 Å². The molecule has 25 heavy (non-hydrogen) atoms. The van der Waals surface area contributed by atoms with Crippen molar-refractivity contribution in [3.63, 3.8) is 0 Å². The van der Waals surface area contributed by atoms with Gasteiger partial charge in [0, 0.05) is 4.88 Å². The molecule has 0 spiro atoms. The third-order valence-corrected chi connectivity index (χ3v) is 5.49. The van der Waals surface area contributed by atoms with Gasteiger partial charge in [-0.2, -0.15) is 0 Å². The van der Waals surface area contributed by atoms with E-state index in [1.54, 1.807) is 12.1 Å². The van der Waals surface area contributed by atoms with Crippen LogP contribution in [0.3, 0.4) is 0 Å². The topological polar surface area (TPSA) is 81.4 Å². The molecule has 1 aliphatic rings. The molecule has 5 nitrogen and oxygen atoms in total. The fourth-order valence-corrected chi connectivity index (χ4v) is 4.41. The van der Waals surface area contributed by atoms with Crippen molar-refractivity contribution in [3.05, 3.63) is 46.3 Å². The number of anilines is 1. The Balaban J connectivity index is 1.73. The molecule has 1 aromatic carbocycles. The average Bonchev–Trinajstić information content (AvgIpc) is 2.90. The van der Waals surface area contributed by atoms with Crippen LogP contribution in [-0.2, 0) is 17.6 Å². The summed E-state index contributed by atoms with van der Waals surface area (Å²) < 4.78 is 5.46. The van der Waals surface area contributed by atoms with Gasteiger partial charge in [-0.15, -0.1) is 11.3 Å². The zero-order chi connectivity index (χ0) is 17.6. The maximum Gasteiger partial charge on any atom is 0.262 e. The Labute approximate surface area is 151 Å². The Morgan fingerprint density at radius 2 is 1.80 bits per heavy atom. The van der Waals surface area contributed by atoms with E-state index in [-0.39, 0.29) is 12.5 Å². The number of hydrogen-bond donors (Lipinski definition) is 2. The molecular weight excluding hydrogens is 336 g/mol. The molecule has 0 fully saturated rings. The first kappa shape index (κ1) is 17.5. The normalized spacial score (nSPS) is 14.1. The second-order valence-electron chi connectivity index (χ2n) is 6.14. The molecule has 2 aromatic rings. The van der Waals surface area contributed by atoms with Crippen LogP contribution in [0.5, 0.6) is 5.75 Å². The molecule has 0 saturated heterocycles. The molecule has 1 heterocycles. The first-order valence-corrected chi connectivity index (χ1v) is 9.39. The van der Waals surface area contributed by atoms with Gasteiger partial charge in [0.2, 0.25) is 0 Å². The van der Waals surface area contributed by atoms with E-state index >= 15 is 0 Å². The van der Waals surface area contributed by atoms with Crippen LogP contribution in [0.1, 0.15) is 46.5 Å². The molecule has 132 valence electrons. The van der Waals surface area contributed by atoms with Gasteiger partial charge in [-0.1, -0.05) is 31.0 Å². The number of primary amides is 1. The summed E-state index contributed by atoms with van der Waals surface area (Å²) in [6, 6.07) is 9.15. The second kappa shape index (κ2) is 8.16. The summed E-state index contributed by atoms with van der Waals surface area (Å²) in [5, 5.41) is 3.37. The SMILES string of the molecule is NC(=O)c1c(NC(=O)COc2ccccc2)sc2c1CCCCCC2. The number of fused-ring (bicyclic) bond motifs is 1. The first-order chi connectivity index (χ1) is 12.1. The maximum absolute atomic E-state index is 12.2. The average molecular weight is 358 g/mol. The minimum Gasteiger partial charge on any atom is -0.484 e. The third-order valence-electron chi connectivity index (χ3n) is 4.28. The zero-order valence-electron chi connectivity index (χ0n) is 14.0. The van der Waals surface area contributed by atoms with Crippen LogP contribution in [-0.4, -0.2) is 18.4 Å². The van der Waals surface area contributed by atoms with Crippen LogP contribution >= 0.6 is 11.3 Å². The summed E-state index contributed by atoms with van der Waals surface area (Å²) >= 11 is 1.47. The second-order valence-corrected chi connectivity index (χ2v) is 7.24. The first-order valence-electron chi connectivity index (χ1n) is 8.57. The van der Waals surface area contributed by atoms with Crippen molar-refractivity contribution in [2.24, 2.45) is 5.73 Å². The lowest BCUT2D eigenvalue weighted by atomic mass is 9.96. The smallest absolute Gasteiger partial charge is 0.262 e. The van der Waals surface area contributed by atoms with E-state index in [4.69, 9.17) is 10.5 Å². The minimum absolute atomic E-state index is 0.106. The van der Waals surface area contributed by atoms with E-state index in [0.29, 0.717) is 16.3 Å². The molecule has 2 amide bonds. The number of ether oxygens (including phenoxy) is 1. The van der Waals surface area contributed by atoms with Crippen LogP contribution in [0, 0.1) is 0 Å². The summed E-state index contributed by atoms with van der Waals surface area (Å²) in [4.78, 5) is 25.4. The Bertz CT molecular complexity index is 756. The highest BCUT2D eigenvalue weighted by Crippen LogP contribution is 2.36. The molecule has 6 heteroatoms. The Morgan fingerprint density at radius 1 is 1.08 bits per heavy atom. The van der Waals surface area contributed by atoms with Crippen molar-refractivity contribution in [2.75, 3.05) is 11.9 Å². The lowest BCUT2D eigenvalue weighted by molar-refractivity contribution is -0.118. The van der Waals surface area contributed by atoms with Crippen LogP contribution in [0.15, 0.2) is 30.3 Å². The summed E-state index contributed by atoms with van der Waals surface area (Å²) in [6.45, 7) is -0.106. The van der Waals surface area contributed by atoms with Gasteiger partial charge >= 0.3 is 0 Å². The number of rotatable bonds is 5. The lowest BCUT2D eigenvalue weighted by Crippen LogP contribution is -2.22. The standard InChI is InChI=1S/C19H22N2O3S/c20-18(23)17-14-10-6-1-2-7-11-15(14)25-19(17)21-16(22)12-24-13-8-4-3-5-9-13/h3-5,8-9H,1-2,6-7,10-12H2,(H2,20,23)(H,21,22). The van der Waals surface area contributed by atoms with E-state index in [2.05, 4.69) is 5.32 Å². The van der Waals surface area contributed by atoms with E-state index in [9.17, 15) is 9.59 Å². The molecule has 0 bridgehead atoms. The van der Waals surface area contributed by atoms with E-state index in [1.165, 1.54) is 29.1 Å². The predicted molar refractivity (Wildman–Crippen MR) is 99.3 cm³/mol. The third kappa shape index (κ3) is 4.39. The van der Waals surface area contributed by atoms with E-state index in [0.717, 1.165) is 31.2 Å². The Morgan fingerprint density at radius 3 is 2.52 bits per heavy atom. The molecule has 0 aliphatic heterocycles. The van der Waals surface area contributed by atoms with Crippen molar-refractivity contribution in [1.82, 2.24) is 0 Å². The number of nitrogens with one attached hydrogen (secondary N) is 1. The summed E-state index contributed by atoms with van der Waals surface area (Å²) in [5.74, 6) is -0.135. The van der Waals surface area contributed by atoms with Crippen LogP contribution in [0.25, 0.3) is 0 Å². The quantitative estimate of drug-likeness (QED) is 0.858. The van der Waals surface area contributed by atoms with Crippen molar-refractivity contribution in [3.8, 4) is 5.75 Å². The van der Waals surface area contributed by atoms with Crippen molar-refractivity contribution in [2.45, 2.75) is 38.5 Å². The van der Waals surface area contributed by atoms with Gasteiger partial charge in [0.1, 0.15) is 10.8 Å². The number of benzene rings is 1. The molecule has 0 radical (unpaired) electrons. The fourth-order valence-electron chi connectivity index (χ4n) is 3.10. The Hall–Kier alpha value is -2.34. The number of aryl methyl sites for hydroxylation is 1. The maximum atomic E-state index is 12.2. The van der Waals surface area contributed by atoms with E-state index < -0.39 is 5.91 Å². The van der Waals surface area contributed by atoms with E-state index in [1.807, 2.05) is 18.2 Å². The predicted octanol–water partition coefficient (Wildman–Crippen LogP) is 3.52. The molecule has 0 saturated carbocycles. The zero-order valence-corrected chi connectivity index (χ0v) is 14.9. The monoisotopic (exact) mass is 358 g/mol. The number of amides is 2. The number of carbonyl (C=O) groups is 2. The highest BCUT2D eigenvalue weighted by molar-refractivity contribution is 7.17. The van der Waals surface area contributed by atoms with Crippen molar-refractivity contribution in [1.29, 1.82) is 0 Å². The van der Waals surface area contributed by atoms with Gasteiger partial charge in [-0.25, -0.2) is 0 Å². The fraction of sp³-hybridized carbons (Fsp3) is 0.368. The van der Waals surface area contributed by atoms with Crippen molar-refractivity contribution >= 4 is 28.2 Å². The minimum atomic E-state index is -0.475. The molecule has 1 aliphatic carbocycles. The highest BCUT2D eigenvalue weighted by atomic mass is 32.1. The molecule has 3 N–H and O–H groups in total. The number of thiophene rings is 1. The molecule has 0 atom stereocenters. The summed E-state index contributed by atoms with van der Waals surface area (Å²) in [6.07, 6.45) is 6.32. The van der Waals surface area contributed by atoms with Gasteiger partial charge in [0.15, 0.2) is 6.61 Å². The van der Waals surface area contributed by atoms with Crippen LogP contribution in [0.2, 0.25) is 0 Å². The van der Waals surface area contributed by atoms with Gasteiger partial charge in [0.25, 0.3) is 11.8 Å². The van der Waals surface area contributed by atoms with Gasteiger partial charge in [0.05, 0.1) is 5.56 Å². The molecule has 3 rings (SSSR count). The largest absolute Gasteiger partial charge is 0.484 e. The lowest BCUT2D eigenvalue weighted by Gasteiger charge is -2.10. The van der Waals surface area contributed by atoms with Crippen LogP contribution in [0.4, 0.5) is 5.00 Å². The number of carbonyl (C=O) groups excluding carboxylic acids is 2. The van der Waals surface area contributed by atoms with Gasteiger partial charge < -0.3 is 15.8 Å². The summed E-state index contributed by atoms with van der Waals surface area (Å²) in [5.41, 5.74) is 7.11. The van der Waals surface area contributed by atoms with Gasteiger partial charge in [-0.05, 0) is 43.4 Å². The number of para-hydroxylation sites is 1. The molecule has 0 unspecified atom stereocenters. The number of hydrogen-bond acceptors (Lipinski definition) is 4. The molecular formula is C19H22N2O3S. The van der Waals surface area contributed by atoms with Crippen molar-refractivity contribution < 1.29 is 14.3 Å². The summed E-state index contributed by atoms with van der Waals surface area (Å²) in [7, 11) is 0. The molecule has 1 aromatic heterocycles. The Kier molecular flexibility index (Phi) is 5.71. The number of nitrogens with two attached hydrogens (primary N) is 1. The van der Waals surface area contributed by atoms with Crippen LogP contribution < -0.4 is 15.8 Å². The highest BCUT2D eigenvalue weighted by Gasteiger charge is 2.23.